The van der Waals surface area contributed by atoms with E-state index in [9.17, 15) is 17.6 Å². The number of halogens is 2. The normalized spacial score (nSPS) is 15.7. The first kappa shape index (κ1) is 14.2. The molecule has 1 N–H and O–H groups in total. The van der Waals surface area contributed by atoms with Gasteiger partial charge in [-0.3, -0.25) is 4.79 Å². The summed E-state index contributed by atoms with van der Waals surface area (Å²) in [6, 6.07) is 2.82. The van der Waals surface area contributed by atoms with Gasteiger partial charge in [0, 0.05) is 11.1 Å². The van der Waals surface area contributed by atoms with E-state index in [1.807, 2.05) is 0 Å². The highest BCUT2D eigenvalue weighted by Crippen LogP contribution is 2.33. The van der Waals surface area contributed by atoms with Crippen molar-refractivity contribution in [2.75, 3.05) is 6.54 Å². The molecule has 0 spiro atoms. The molecule has 1 fully saturated rings. The number of hydrogen-bond acceptors (Lipinski definition) is 3. The molecule has 1 aliphatic rings. The van der Waals surface area contributed by atoms with Gasteiger partial charge in [0.15, 0.2) is 0 Å². The molecule has 104 valence electrons. The van der Waals surface area contributed by atoms with Crippen molar-refractivity contribution in [2.45, 2.75) is 23.8 Å². The number of benzene rings is 1. The lowest BCUT2D eigenvalue weighted by Crippen LogP contribution is -2.37. The molecule has 0 amide bonds. The molecular formula is C11H11ClFNO4S. The Morgan fingerprint density at radius 3 is 2.58 bits per heavy atom. The maximum absolute atomic E-state index is 13.7. The van der Waals surface area contributed by atoms with Gasteiger partial charge in [-0.25, -0.2) is 12.8 Å². The molecule has 0 bridgehead atoms. The van der Waals surface area contributed by atoms with E-state index in [4.69, 9.17) is 16.7 Å². The molecule has 5 nitrogen and oxygen atoms in total. The second kappa shape index (κ2) is 5.07. The van der Waals surface area contributed by atoms with Crippen LogP contribution < -0.4 is 0 Å². The lowest BCUT2D eigenvalue weighted by atomic mass is 10.3. The van der Waals surface area contributed by atoms with Crippen LogP contribution in [-0.4, -0.2) is 36.4 Å². The molecule has 8 heteroatoms. The fourth-order valence-electron chi connectivity index (χ4n) is 1.72. The van der Waals surface area contributed by atoms with Gasteiger partial charge in [-0.1, -0.05) is 11.6 Å². The van der Waals surface area contributed by atoms with Crippen molar-refractivity contribution < 1.29 is 22.7 Å². The summed E-state index contributed by atoms with van der Waals surface area (Å²) in [5.74, 6) is -2.26. The highest BCUT2D eigenvalue weighted by molar-refractivity contribution is 7.89. The van der Waals surface area contributed by atoms with Crippen LogP contribution in [0.25, 0.3) is 0 Å². The van der Waals surface area contributed by atoms with Gasteiger partial charge in [0.25, 0.3) is 0 Å². The van der Waals surface area contributed by atoms with Crippen molar-refractivity contribution in [3.8, 4) is 0 Å². The summed E-state index contributed by atoms with van der Waals surface area (Å²) >= 11 is 5.56. The molecule has 19 heavy (non-hydrogen) atoms. The number of carboxylic acids is 1. The number of aliphatic carboxylic acids is 1. The molecular weight excluding hydrogens is 297 g/mol. The van der Waals surface area contributed by atoms with Crippen LogP contribution in [0.3, 0.4) is 0 Å². The van der Waals surface area contributed by atoms with Gasteiger partial charge in [-0.2, -0.15) is 4.31 Å². The summed E-state index contributed by atoms with van der Waals surface area (Å²) in [5, 5.41) is 8.84. The van der Waals surface area contributed by atoms with Crippen molar-refractivity contribution in [1.29, 1.82) is 0 Å². The first-order valence-electron chi connectivity index (χ1n) is 5.51. The van der Waals surface area contributed by atoms with Crippen LogP contribution >= 0.6 is 11.6 Å². The zero-order chi connectivity index (χ0) is 14.2. The number of carboxylic acid groups (broad SMARTS) is 1. The van der Waals surface area contributed by atoms with E-state index < -0.39 is 33.3 Å². The molecule has 0 aliphatic heterocycles. The summed E-state index contributed by atoms with van der Waals surface area (Å²) in [7, 11) is -4.16. The van der Waals surface area contributed by atoms with Gasteiger partial charge in [0.05, 0.1) is 0 Å². The Kier molecular flexibility index (Phi) is 3.80. The van der Waals surface area contributed by atoms with E-state index >= 15 is 0 Å². The quantitative estimate of drug-likeness (QED) is 0.898. The van der Waals surface area contributed by atoms with Crippen molar-refractivity contribution in [3.05, 3.63) is 29.0 Å². The molecule has 2 rings (SSSR count). The fourth-order valence-corrected chi connectivity index (χ4v) is 3.56. The smallest absolute Gasteiger partial charge is 0.318 e. The Morgan fingerprint density at radius 2 is 2.11 bits per heavy atom. The lowest BCUT2D eigenvalue weighted by molar-refractivity contribution is -0.137. The van der Waals surface area contributed by atoms with Crippen LogP contribution in [0.1, 0.15) is 12.8 Å². The predicted octanol–water partition coefficient (Wildman–Crippen LogP) is 1.72. The fraction of sp³-hybridized carbons (Fsp3) is 0.364. The molecule has 0 unspecified atom stereocenters. The van der Waals surface area contributed by atoms with Gasteiger partial charge >= 0.3 is 5.97 Å². The summed E-state index contributed by atoms with van der Waals surface area (Å²) in [6.45, 7) is -0.672. The second-order valence-corrected chi connectivity index (χ2v) is 6.55. The minimum absolute atomic E-state index is 0.0765. The van der Waals surface area contributed by atoms with Crippen molar-refractivity contribution >= 4 is 27.6 Å². The second-order valence-electron chi connectivity index (χ2n) is 4.25. The lowest BCUT2D eigenvalue weighted by Gasteiger charge is -2.20. The topological polar surface area (TPSA) is 74.7 Å². The predicted molar refractivity (Wildman–Crippen MR) is 66.0 cm³/mol. The number of sulfonamides is 1. The van der Waals surface area contributed by atoms with Crippen molar-refractivity contribution in [2.24, 2.45) is 0 Å². The molecule has 0 aromatic heterocycles. The summed E-state index contributed by atoms with van der Waals surface area (Å²) < 4.78 is 39.0. The van der Waals surface area contributed by atoms with Crippen molar-refractivity contribution in [3.63, 3.8) is 0 Å². The van der Waals surface area contributed by atoms with Crippen molar-refractivity contribution in [1.82, 2.24) is 4.31 Å². The molecule has 0 saturated heterocycles. The van der Waals surface area contributed by atoms with Crippen LogP contribution in [-0.2, 0) is 14.8 Å². The number of nitrogens with zero attached hydrogens (tertiary/aromatic N) is 1. The first-order chi connectivity index (χ1) is 8.82. The van der Waals surface area contributed by atoms with E-state index in [0.717, 1.165) is 16.4 Å². The number of rotatable bonds is 5. The van der Waals surface area contributed by atoms with E-state index in [1.165, 1.54) is 6.07 Å². The Morgan fingerprint density at radius 1 is 1.47 bits per heavy atom. The highest BCUT2D eigenvalue weighted by Gasteiger charge is 2.40. The van der Waals surface area contributed by atoms with Crippen LogP contribution in [0.2, 0.25) is 5.02 Å². The average molecular weight is 308 g/mol. The van der Waals surface area contributed by atoms with Gasteiger partial charge in [0.2, 0.25) is 10.0 Å². The average Bonchev–Trinajstić information content (AvgIpc) is 3.08. The molecule has 1 saturated carbocycles. The first-order valence-corrected chi connectivity index (χ1v) is 7.33. The third-order valence-corrected chi connectivity index (χ3v) is 4.89. The van der Waals surface area contributed by atoms with Gasteiger partial charge < -0.3 is 5.11 Å². The molecule has 1 aliphatic carbocycles. The Bertz CT molecular complexity index is 615. The van der Waals surface area contributed by atoms with E-state index in [2.05, 4.69) is 0 Å². The highest BCUT2D eigenvalue weighted by atomic mass is 35.5. The van der Waals surface area contributed by atoms with E-state index in [1.54, 1.807) is 0 Å². The third-order valence-electron chi connectivity index (χ3n) is 2.73. The maximum Gasteiger partial charge on any atom is 0.318 e. The van der Waals surface area contributed by atoms with Crippen LogP contribution in [0.4, 0.5) is 4.39 Å². The number of carbonyl (C=O) groups is 1. The van der Waals surface area contributed by atoms with Crippen LogP contribution in [0.15, 0.2) is 23.1 Å². The zero-order valence-electron chi connectivity index (χ0n) is 9.71. The zero-order valence-corrected chi connectivity index (χ0v) is 11.3. The molecule has 0 heterocycles. The Balaban J connectivity index is 2.41. The SMILES string of the molecule is O=C(O)CN(C1CC1)S(=O)(=O)c1ccc(Cl)cc1F. The van der Waals surface area contributed by atoms with Gasteiger partial charge in [-0.05, 0) is 31.0 Å². The number of hydrogen-bond donors (Lipinski definition) is 1. The molecule has 0 radical (unpaired) electrons. The molecule has 1 aromatic rings. The minimum atomic E-state index is -4.16. The largest absolute Gasteiger partial charge is 0.480 e. The molecule has 0 atom stereocenters. The summed E-state index contributed by atoms with van der Waals surface area (Å²) in [4.78, 5) is 10.2. The minimum Gasteiger partial charge on any atom is -0.480 e. The van der Waals surface area contributed by atoms with Gasteiger partial charge in [-0.15, -0.1) is 0 Å². The summed E-state index contributed by atoms with van der Waals surface area (Å²) in [5.41, 5.74) is 0. The van der Waals surface area contributed by atoms with E-state index in [0.29, 0.717) is 12.8 Å². The standard InChI is InChI=1S/C11H11ClFNO4S/c12-7-1-4-10(9(13)5-7)19(17,18)14(6-11(15)16)8-2-3-8/h1,4-5,8H,2-3,6H2,(H,15,16). The Labute approximate surface area is 114 Å². The maximum atomic E-state index is 13.7. The Hall–Kier alpha value is -1.18. The molecule has 1 aromatic carbocycles. The summed E-state index contributed by atoms with van der Waals surface area (Å²) in [6.07, 6.45) is 1.17. The monoisotopic (exact) mass is 307 g/mol. The van der Waals surface area contributed by atoms with Gasteiger partial charge in [0.1, 0.15) is 17.3 Å². The van der Waals surface area contributed by atoms with Crippen LogP contribution in [0.5, 0.6) is 0 Å². The van der Waals surface area contributed by atoms with E-state index in [-0.39, 0.29) is 11.1 Å². The third kappa shape index (κ3) is 3.05. The van der Waals surface area contributed by atoms with Crippen LogP contribution in [0, 0.1) is 5.82 Å².